The van der Waals surface area contributed by atoms with Crippen LogP contribution in [0.1, 0.15) is 5.56 Å². The molecule has 0 saturated carbocycles. The molecule has 0 aliphatic heterocycles. The van der Waals surface area contributed by atoms with Gasteiger partial charge in [0.1, 0.15) is 13.6 Å². The number of hydrogen-bond donors (Lipinski definition) is 2. The second kappa shape index (κ2) is 2.75. The first-order valence-corrected chi connectivity index (χ1v) is 2.92. The van der Waals surface area contributed by atoms with E-state index in [9.17, 15) is 0 Å². The highest BCUT2D eigenvalue weighted by Crippen LogP contribution is 2.07. The lowest BCUT2D eigenvalue weighted by atomic mass is 9.91. The Labute approximate surface area is 60.5 Å². The molecule has 0 saturated heterocycles. The van der Waals surface area contributed by atoms with Crippen molar-refractivity contribution in [1.29, 1.82) is 0 Å². The zero-order chi connectivity index (χ0) is 7.56. The molecule has 1 aromatic carbocycles. The van der Waals surface area contributed by atoms with Crippen molar-refractivity contribution < 1.29 is 10.2 Å². The highest BCUT2D eigenvalue weighted by molar-refractivity contribution is 6.33. The summed E-state index contributed by atoms with van der Waals surface area (Å²) in [5.74, 6) is 0.123. The Morgan fingerprint density at radius 2 is 2.10 bits per heavy atom. The van der Waals surface area contributed by atoms with Gasteiger partial charge in [-0.1, -0.05) is 11.5 Å². The molecule has 0 aromatic heterocycles. The van der Waals surface area contributed by atoms with Gasteiger partial charge in [-0.05, 0) is 17.7 Å². The summed E-state index contributed by atoms with van der Waals surface area (Å²) in [6.07, 6.45) is 0. The third kappa shape index (κ3) is 1.31. The van der Waals surface area contributed by atoms with Crippen molar-refractivity contribution >= 4 is 13.3 Å². The normalized spacial score (nSPS) is 9.70. The maximum atomic E-state index is 8.90. The zero-order valence-corrected chi connectivity index (χ0v) is 5.41. The minimum absolute atomic E-state index is 0.123. The van der Waals surface area contributed by atoms with Gasteiger partial charge in [0.25, 0.3) is 0 Å². The number of aliphatic hydroxyl groups is 1. The third-order valence-corrected chi connectivity index (χ3v) is 1.30. The number of benzene rings is 1. The summed E-state index contributed by atoms with van der Waals surface area (Å²) >= 11 is 0. The molecule has 0 spiro atoms. The van der Waals surface area contributed by atoms with Crippen LogP contribution in [0, 0.1) is 0 Å². The van der Waals surface area contributed by atoms with E-state index in [1.165, 1.54) is 12.1 Å². The molecule has 1 rings (SSSR count). The molecule has 0 atom stereocenters. The van der Waals surface area contributed by atoms with E-state index in [4.69, 9.17) is 18.1 Å². The molecule has 1 aromatic rings. The SMILES string of the molecule is [B]c1ccc(O)cc1CO. The number of phenols is 1. The molecule has 0 aliphatic rings. The minimum Gasteiger partial charge on any atom is -0.508 e. The van der Waals surface area contributed by atoms with Gasteiger partial charge in [0, 0.05) is 0 Å². The van der Waals surface area contributed by atoms with E-state index in [1.807, 2.05) is 0 Å². The predicted octanol–water partition coefficient (Wildman–Crippen LogP) is -0.322. The number of rotatable bonds is 1. The fourth-order valence-corrected chi connectivity index (χ4v) is 0.729. The lowest BCUT2D eigenvalue weighted by Crippen LogP contribution is -2.08. The van der Waals surface area contributed by atoms with Gasteiger partial charge < -0.3 is 10.2 Å². The minimum atomic E-state index is -0.139. The zero-order valence-electron chi connectivity index (χ0n) is 5.41. The number of aromatic hydroxyl groups is 1. The van der Waals surface area contributed by atoms with Crippen LogP contribution in [-0.4, -0.2) is 18.1 Å². The highest BCUT2D eigenvalue weighted by Gasteiger charge is 1.95. The Morgan fingerprint density at radius 1 is 1.40 bits per heavy atom. The van der Waals surface area contributed by atoms with Crippen LogP contribution in [0.3, 0.4) is 0 Å². The lowest BCUT2D eigenvalue weighted by molar-refractivity contribution is 0.282. The highest BCUT2D eigenvalue weighted by atomic mass is 16.3. The van der Waals surface area contributed by atoms with E-state index in [0.29, 0.717) is 11.0 Å². The van der Waals surface area contributed by atoms with E-state index < -0.39 is 0 Å². The summed E-state index contributed by atoms with van der Waals surface area (Å²) in [7, 11) is 5.43. The first-order chi connectivity index (χ1) is 4.74. The summed E-state index contributed by atoms with van der Waals surface area (Å²) in [6.45, 7) is -0.139. The van der Waals surface area contributed by atoms with Crippen LogP contribution < -0.4 is 5.46 Å². The second-order valence-corrected chi connectivity index (χ2v) is 2.04. The van der Waals surface area contributed by atoms with Crippen LogP contribution in [0.4, 0.5) is 0 Å². The van der Waals surface area contributed by atoms with Crippen molar-refractivity contribution in [3.8, 4) is 5.75 Å². The molecule has 10 heavy (non-hydrogen) atoms. The van der Waals surface area contributed by atoms with Crippen LogP contribution in [-0.2, 0) is 6.61 Å². The smallest absolute Gasteiger partial charge is 0.115 e. The summed E-state index contributed by atoms with van der Waals surface area (Å²) in [6, 6.07) is 4.48. The third-order valence-electron chi connectivity index (χ3n) is 1.30. The molecule has 0 fully saturated rings. The molecule has 2 N–H and O–H groups in total. The fraction of sp³-hybridized carbons (Fsp3) is 0.143. The van der Waals surface area contributed by atoms with Crippen LogP contribution in [0.25, 0.3) is 0 Å². The Balaban J connectivity index is 3.09. The van der Waals surface area contributed by atoms with Gasteiger partial charge in [-0.25, -0.2) is 0 Å². The molecule has 0 unspecified atom stereocenters. The molecule has 2 nitrogen and oxygen atoms in total. The molecule has 0 bridgehead atoms. The van der Waals surface area contributed by atoms with E-state index in [0.717, 1.165) is 0 Å². The monoisotopic (exact) mass is 134 g/mol. The van der Waals surface area contributed by atoms with E-state index >= 15 is 0 Å². The molecule has 50 valence electrons. The Kier molecular flexibility index (Phi) is 1.97. The van der Waals surface area contributed by atoms with Gasteiger partial charge in [0.15, 0.2) is 0 Å². The summed E-state index contributed by atoms with van der Waals surface area (Å²) in [4.78, 5) is 0. The maximum absolute atomic E-state index is 8.90. The summed E-state index contributed by atoms with van der Waals surface area (Å²) < 4.78 is 0. The largest absolute Gasteiger partial charge is 0.508 e. The molecular weight excluding hydrogens is 127 g/mol. The van der Waals surface area contributed by atoms with Gasteiger partial charge in [0.05, 0.1) is 6.61 Å². The van der Waals surface area contributed by atoms with Crippen LogP contribution in [0.15, 0.2) is 18.2 Å². The molecule has 0 aliphatic carbocycles. The molecule has 2 radical (unpaired) electrons. The van der Waals surface area contributed by atoms with Crippen LogP contribution in [0.5, 0.6) is 5.75 Å². The van der Waals surface area contributed by atoms with Crippen molar-refractivity contribution in [3.63, 3.8) is 0 Å². The number of hydrogen-bond acceptors (Lipinski definition) is 2. The average molecular weight is 134 g/mol. The van der Waals surface area contributed by atoms with Crippen molar-refractivity contribution in [2.45, 2.75) is 6.61 Å². The van der Waals surface area contributed by atoms with Crippen LogP contribution >= 0.6 is 0 Å². The van der Waals surface area contributed by atoms with Gasteiger partial charge in [0.2, 0.25) is 0 Å². The first-order valence-electron chi connectivity index (χ1n) is 2.92. The maximum Gasteiger partial charge on any atom is 0.115 e. The quantitative estimate of drug-likeness (QED) is 0.516. The Morgan fingerprint density at radius 3 is 2.60 bits per heavy atom. The summed E-state index contributed by atoms with van der Waals surface area (Å²) in [5.41, 5.74) is 1.06. The van der Waals surface area contributed by atoms with E-state index in [1.54, 1.807) is 6.07 Å². The van der Waals surface area contributed by atoms with Gasteiger partial charge in [-0.15, -0.1) is 0 Å². The van der Waals surface area contributed by atoms with Gasteiger partial charge >= 0.3 is 0 Å². The standard InChI is InChI=1S/C7H7BO2/c8-7-2-1-6(10)3-5(7)4-9/h1-3,9-10H,4H2. The van der Waals surface area contributed by atoms with Gasteiger partial charge in [-0.2, -0.15) is 0 Å². The van der Waals surface area contributed by atoms with Crippen molar-refractivity contribution in [2.24, 2.45) is 0 Å². The van der Waals surface area contributed by atoms with E-state index in [2.05, 4.69) is 0 Å². The predicted molar refractivity (Wildman–Crippen MR) is 39.4 cm³/mol. The molecular formula is C7H7BO2. The van der Waals surface area contributed by atoms with Crippen LogP contribution in [0.2, 0.25) is 0 Å². The molecule has 0 heterocycles. The second-order valence-electron chi connectivity index (χ2n) is 2.04. The molecule has 0 amide bonds. The first kappa shape index (κ1) is 7.16. The Bertz CT molecular complexity index is 235. The lowest BCUT2D eigenvalue weighted by Gasteiger charge is -2.01. The summed E-state index contributed by atoms with van der Waals surface area (Å²) in [5, 5.41) is 17.6. The fourth-order valence-electron chi connectivity index (χ4n) is 0.729. The van der Waals surface area contributed by atoms with Crippen molar-refractivity contribution in [3.05, 3.63) is 23.8 Å². The van der Waals surface area contributed by atoms with Crippen molar-refractivity contribution in [2.75, 3.05) is 0 Å². The van der Waals surface area contributed by atoms with Gasteiger partial charge in [-0.3, -0.25) is 0 Å². The van der Waals surface area contributed by atoms with E-state index in [-0.39, 0.29) is 12.4 Å². The Hall–Kier alpha value is -0.955. The van der Waals surface area contributed by atoms with Crippen molar-refractivity contribution in [1.82, 2.24) is 0 Å². The number of aliphatic hydroxyl groups excluding tert-OH is 1. The average Bonchev–Trinajstić information content (AvgIpc) is 1.94. The topological polar surface area (TPSA) is 40.5 Å². The number of phenolic OH excluding ortho intramolecular Hbond substituents is 1. The molecule has 3 heteroatoms.